The van der Waals surface area contributed by atoms with E-state index in [4.69, 9.17) is 9.47 Å². The molecule has 0 aliphatic rings. The average molecular weight is 208 g/mol. The molecule has 0 fully saturated rings. The van der Waals surface area contributed by atoms with Gasteiger partial charge in [0.15, 0.2) is 0 Å². The van der Waals surface area contributed by atoms with Crippen molar-refractivity contribution >= 4 is 21.4 Å². The molecule has 0 unspecified atom stereocenters. The molecule has 0 aliphatic heterocycles. The van der Waals surface area contributed by atoms with Crippen LogP contribution in [0.2, 0.25) is 0 Å². The summed E-state index contributed by atoms with van der Waals surface area (Å²) in [4.78, 5) is 0. The maximum Gasteiger partial charge on any atom is 0.137 e. The fourth-order valence-corrected chi connectivity index (χ4v) is 2.36. The molecule has 0 atom stereocenters. The van der Waals surface area contributed by atoms with Gasteiger partial charge in [0, 0.05) is 22.6 Å². The molecule has 2 aromatic rings. The molecule has 0 bridgehead atoms. The number of benzene rings is 1. The van der Waals surface area contributed by atoms with Crippen LogP contribution in [0.25, 0.3) is 10.1 Å². The zero-order valence-corrected chi connectivity index (χ0v) is 9.06. The van der Waals surface area contributed by atoms with Gasteiger partial charge in [-0.2, -0.15) is 0 Å². The van der Waals surface area contributed by atoms with E-state index >= 15 is 0 Å². The maximum absolute atomic E-state index is 5.27. The second-order valence-electron chi connectivity index (χ2n) is 3.07. The van der Waals surface area contributed by atoms with Crippen molar-refractivity contribution in [3.05, 3.63) is 29.1 Å². The van der Waals surface area contributed by atoms with Gasteiger partial charge in [0.25, 0.3) is 0 Å². The van der Waals surface area contributed by atoms with Gasteiger partial charge < -0.3 is 9.47 Å². The van der Waals surface area contributed by atoms with Crippen LogP contribution in [0.5, 0.6) is 5.75 Å². The molecule has 2 rings (SSSR count). The summed E-state index contributed by atoms with van der Waals surface area (Å²) in [6.07, 6.45) is 0. The predicted octanol–water partition coefficient (Wildman–Crippen LogP) is 3.06. The Morgan fingerprint density at radius 2 is 2.14 bits per heavy atom. The molecule has 74 valence electrons. The summed E-state index contributed by atoms with van der Waals surface area (Å²) in [6.45, 7) is 0.648. The fraction of sp³-hybridized carbons (Fsp3) is 0.273. The first-order valence-electron chi connectivity index (χ1n) is 4.38. The van der Waals surface area contributed by atoms with Crippen molar-refractivity contribution in [2.75, 3.05) is 14.2 Å². The molecule has 0 spiro atoms. The van der Waals surface area contributed by atoms with Gasteiger partial charge in [-0.3, -0.25) is 0 Å². The van der Waals surface area contributed by atoms with Gasteiger partial charge in [0.2, 0.25) is 0 Å². The number of ether oxygens (including phenoxy) is 2. The Hall–Kier alpha value is -1.06. The fourth-order valence-electron chi connectivity index (χ4n) is 1.47. The molecule has 0 saturated heterocycles. The molecule has 1 aromatic heterocycles. The Labute approximate surface area is 87.1 Å². The van der Waals surface area contributed by atoms with Crippen molar-refractivity contribution in [3.63, 3.8) is 0 Å². The summed E-state index contributed by atoms with van der Waals surface area (Å²) in [7, 11) is 3.40. The third-order valence-corrected chi connectivity index (χ3v) is 3.08. The molecule has 3 heteroatoms. The number of hydrogen-bond donors (Lipinski definition) is 0. The SMILES string of the molecule is COCc1ccc2scc(OC)c2c1. The van der Waals surface area contributed by atoms with E-state index in [1.165, 1.54) is 15.6 Å². The topological polar surface area (TPSA) is 18.5 Å². The van der Waals surface area contributed by atoms with Crippen LogP contribution < -0.4 is 4.74 Å². The molecule has 0 radical (unpaired) electrons. The number of rotatable bonds is 3. The minimum atomic E-state index is 0.648. The van der Waals surface area contributed by atoms with E-state index in [9.17, 15) is 0 Å². The Balaban J connectivity index is 2.50. The van der Waals surface area contributed by atoms with Crippen LogP contribution in [-0.2, 0) is 11.3 Å². The van der Waals surface area contributed by atoms with Crippen LogP contribution in [0.15, 0.2) is 23.6 Å². The summed E-state index contributed by atoms with van der Waals surface area (Å²) in [6, 6.07) is 6.31. The summed E-state index contributed by atoms with van der Waals surface area (Å²) in [5.41, 5.74) is 1.18. The molecule has 2 nitrogen and oxygen atoms in total. The third kappa shape index (κ3) is 1.61. The Bertz CT molecular complexity index is 434. The molecule has 1 aromatic carbocycles. The highest BCUT2D eigenvalue weighted by Gasteiger charge is 2.04. The number of methoxy groups -OCH3 is 2. The van der Waals surface area contributed by atoms with Gasteiger partial charge in [-0.25, -0.2) is 0 Å². The highest BCUT2D eigenvalue weighted by Crippen LogP contribution is 2.32. The van der Waals surface area contributed by atoms with Crippen molar-refractivity contribution in [2.24, 2.45) is 0 Å². The van der Waals surface area contributed by atoms with Gasteiger partial charge in [0.05, 0.1) is 13.7 Å². The smallest absolute Gasteiger partial charge is 0.137 e. The van der Waals surface area contributed by atoms with Crippen molar-refractivity contribution in [2.45, 2.75) is 6.61 Å². The minimum absolute atomic E-state index is 0.648. The summed E-state index contributed by atoms with van der Waals surface area (Å²) >= 11 is 1.70. The molecule has 0 N–H and O–H groups in total. The highest BCUT2D eigenvalue weighted by molar-refractivity contribution is 7.17. The zero-order valence-electron chi connectivity index (χ0n) is 8.24. The third-order valence-electron chi connectivity index (χ3n) is 2.13. The van der Waals surface area contributed by atoms with Crippen LogP contribution in [0.3, 0.4) is 0 Å². The van der Waals surface area contributed by atoms with Crippen LogP contribution in [0.4, 0.5) is 0 Å². The van der Waals surface area contributed by atoms with Crippen molar-refractivity contribution in [1.29, 1.82) is 0 Å². The standard InChI is InChI=1S/C11H12O2S/c1-12-6-8-3-4-11-9(5-8)10(13-2)7-14-11/h3-5,7H,6H2,1-2H3. The van der Waals surface area contributed by atoms with Gasteiger partial charge in [0.1, 0.15) is 5.75 Å². The van der Waals surface area contributed by atoms with E-state index in [0.717, 1.165) is 5.75 Å². The average Bonchev–Trinajstić information content (AvgIpc) is 2.60. The molecule has 0 amide bonds. The van der Waals surface area contributed by atoms with Crippen molar-refractivity contribution in [3.8, 4) is 5.75 Å². The second kappa shape index (κ2) is 3.98. The lowest BCUT2D eigenvalue weighted by Crippen LogP contribution is -1.86. The molecule has 0 saturated carbocycles. The molecule has 0 aliphatic carbocycles. The number of fused-ring (bicyclic) bond motifs is 1. The van der Waals surface area contributed by atoms with Gasteiger partial charge in [-0.15, -0.1) is 11.3 Å². The maximum atomic E-state index is 5.27. The second-order valence-corrected chi connectivity index (χ2v) is 3.98. The van der Waals surface area contributed by atoms with E-state index in [0.29, 0.717) is 6.61 Å². The first kappa shape index (κ1) is 9.49. The predicted molar refractivity (Wildman–Crippen MR) is 59.1 cm³/mol. The van der Waals surface area contributed by atoms with E-state index in [1.54, 1.807) is 25.6 Å². The van der Waals surface area contributed by atoms with E-state index < -0.39 is 0 Å². The van der Waals surface area contributed by atoms with Crippen LogP contribution >= 0.6 is 11.3 Å². The van der Waals surface area contributed by atoms with E-state index in [1.807, 2.05) is 5.38 Å². The monoisotopic (exact) mass is 208 g/mol. The first-order chi connectivity index (χ1) is 6.85. The number of hydrogen-bond acceptors (Lipinski definition) is 3. The largest absolute Gasteiger partial charge is 0.495 e. The number of thiophene rings is 1. The normalized spacial score (nSPS) is 10.7. The van der Waals surface area contributed by atoms with E-state index in [-0.39, 0.29) is 0 Å². The van der Waals surface area contributed by atoms with Crippen molar-refractivity contribution in [1.82, 2.24) is 0 Å². The Kier molecular flexibility index (Phi) is 2.70. The Morgan fingerprint density at radius 3 is 2.86 bits per heavy atom. The summed E-state index contributed by atoms with van der Waals surface area (Å²) in [5, 5.41) is 3.20. The van der Waals surface area contributed by atoms with Gasteiger partial charge in [-0.1, -0.05) is 6.07 Å². The van der Waals surface area contributed by atoms with Gasteiger partial charge >= 0.3 is 0 Å². The zero-order chi connectivity index (χ0) is 9.97. The molecule has 14 heavy (non-hydrogen) atoms. The molecular formula is C11H12O2S. The molecular weight excluding hydrogens is 196 g/mol. The lowest BCUT2D eigenvalue weighted by molar-refractivity contribution is 0.185. The lowest BCUT2D eigenvalue weighted by Gasteiger charge is -2.01. The van der Waals surface area contributed by atoms with E-state index in [2.05, 4.69) is 18.2 Å². The van der Waals surface area contributed by atoms with Crippen LogP contribution in [0.1, 0.15) is 5.56 Å². The minimum Gasteiger partial charge on any atom is -0.495 e. The summed E-state index contributed by atoms with van der Waals surface area (Å²) in [5.74, 6) is 0.947. The lowest BCUT2D eigenvalue weighted by atomic mass is 10.2. The van der Waals surface area contributed by atoms with Crippen LogP contribution in [0, 0.1) is 0 Å². The Morgan fingerprint density at radius 1 is 1.29 bits per heavy atom. The van der Waals surface area contributed by atoms with Crippen molar-refractivity contribution < 1.29 is 9.47 Å². The highest BCUT2D eigenvalue weighted by atomic mass is 32.1. The quantitative estimate of drug-likeness (QED) is 0.771. The van der Waals surface area contributed by atoms with Gasteiger partial charge in [-0.05, 0) is 17.7 Å². The summed E-state index contributed by atoms with van der Waals surface area (Å²) < 4.78 is 11.6. The first-order valence-corrected chi connectivity index (χ1v) is 5.26. The van der Waals surface area contributed by atoms with Crippen LogP contribution in [-0.4, -0.2) is 14.2 Å². The molecule has 1 heterocycles.